The Labute approximate surface area is 192 Å². The van der Waals surface area contributed by atoms with Gasteiger partial charge in [-0.25, -0.2) is 4.98 Å². The summed E-state index contributed by atoms with van der Waals surface area (Å²) in [6, 6.07) is 23.2. The van der Waals surface area contributed by atoms with Crippen LogP contribution in [0, 0.1) is 0 Å². The molecule has 32 heavy (non-hydrogen) atoms. The Morgan fingerprint density at radius 3 is 2.44 bits per heavy atom. The number of anilines is 1. The molecule has 0 fully saturated rings. The molecule has 1 atom stereocenters. The summed E-state index contributed by atoms with van der Waals surface area (Å²) in [5.41, 5.74) is 4.72. The fourth-order valence-electron chi connectivity index (χ4n) is 4.59. The van der Waals surface area contributed by atoms with Gasteiger partial charge in [0.2, 0.25) is 5.28 Å². The Kier molecular flexibility index (Phi) is 5.58. The zero-order valence-corrected chi connectivity index (χ0v) is 18.8. The van der Waals surface area contributed by atoms with Gasteiger partial charge in [0.15, 0.2) is 11.5 Å². The molecule has 3 aromatic carbocycles. The zero-order chi connectivity index (χ0) is 22.1. The number of nitrogens with zero attached hydrogens (tertiary/aromatic N) is 3. The van der Waals surface area contributed by atoms with Gasteiger partial charge < -0.3 is 14.4 Å². The first-order valence-corrected chi connectivity index (χ1v) is 11.0. The maximum atomic E-state index is 6.40. The Hall–Kier alpha value is -3.31. The van der Waals surface area contributed by atoms with Crippen LogP contribution in [0.4, 0.5) is 5.82 Å². The molecular formula is C26H24ClN3O2. The van der Waals surface area contributed by atoms with Gasteiger partial charge in [-0.15, -0.1) is 0 Å². The van der Waals surface area contributed by atoms with Crippen LogP contribution in [0.25, 0.3) is 10.9 Å². The van der Waals surface area contributed by atoms with E-state index in [0.29, 0.717) is 11.5 Å². The van der Waals surface area contributed by atoms with Crippen LogP contribution in [-0.4, -0.2) is 30.7 Å². The number of benzene rings is 3. The van der Waals surface area contributed by atoms with Crippen molar-refractivity contribution in [1.82, 2.24) is 9.97 Å². The predicted molar refractivity (Wildman–Crippen MR) is 128 cm³/mol. The number of aromatic nitrogens is 2. The van der Waals surface area contributed by atoms with Gasteiger partial charge >= 0.3 is 0 Å². The largest absolute Gasteiger partial charge is 0.493 e. The van der Waals surface area contributed by atoms with Crippen molar-refractivity contribution in [2.24, 2.45) is 0 Å². The van der Waals surface area contributed by atoms with Gasteiger partial charge in [-0.2, -0.15) is 4.98 Å². The number of hydrogen-bond donors (Lipinski definition) is 0. The fourth-order valence-corrected chi connectivity index (χ4v) is 4.76. The highest BCUT2D eigenvalue weighted by Gasteiger charge is 2.30. The van der Waals surface area contributed by atoms with Gasteiger partial charge in [-0.05, 0) is 47.2 Å². The molecule has 1 aliphatic heterocycles. The van der Waals surface area contributed by atoms with Crippen LogP contribution in [0.3, 0.4) is 0 Å². The molecule has 5 rings (SSSR count). The molecule has 0 radical (unpaired) electrons. The lowest BCUT2D eigenvalue weighted by molar-refractivity contribution is 0.355. The number of hydrogen-bond acceptors (Lipinski definition) is 5. The van der Waals surface area contributed by atoms with E-state index in [1.807, 2.05) is 18.2 Å². The number of ether oxygens (including phenoxy) is 2. The SMILES string of the molecule is COc1cc2nc(Cl)nc(N3CCc4ccccc4C3Cc3ccccc3)c2cc1OC. The number of rotatable bonds is 5. The molecule has 2 heterocycles. The van der Waals surface area contributed by atoms with Crippen LogP contribution in [0.5, 0.6) is 11.5 Å². The van der Waals surface area contributed by atoms with Gasteiger partial charge in [-0.1, -0.05) is 54.6 Å². The van der Waals surface area contributed by atoms with Crippen LogP contribution in [0.15, 0.2) is 66.7 Å². The Bertz CT molecular complexity index is 1260. The average molecular weight is 446 g/mol. The molecule has 0 amide bonds. The Balaban J connectivity index is 1.68. The second-order valence-electron chi connectivity index (χ2n) is 7.89. The van der Waals surface area contributed by atoms with E-state index in [2.05, 4.69) is 58.4 Å². The molecule has 0 saturated carbocycles. The van der Waals surface area contributed by atoms with Crippen LogP contribution in [0.1, 0.15) is 22.7 Å². The summed E-state index contributed by atoms with van der Waals surface area (Å²) >= 11 is 6.40. The maximum absolute atomic E-state index is 6.40. The zero-order valence-electron chi connectivity index (χ0n) is 18.1. The number of fused-ring (bicyclic) bond motifs is 2. The molecule has 1 aromatic heterocycles. The van der Waals surface area contributed by atoms with Crippen molar-refractivity contribution >= 4 is 28.3 Å². The van der Waals surface area contributed by atoms with Crippen molar-refractivity contribution in [3.63, 3.8) is 0 Å². The molecular weight excluding hydrogens is 422 g/mol. The standard InChI is InChI=1S/C26H24ClN3O2/c1-31-23-15-20-21(16-24(23)32-2)28-26(27)29-25(20)30-13-12-18-10-6-7-11-19(18)22(30)14-17-8-4-3-5-9-17/h3-11,15-16,22H,12-14H2,1-2H3. The normalized spacial score (nSPS) is 15.5. The van der Waals surface area contributed by atoms with Gasteiger partial charge in [-0.3, -0.25) is 0 Å². The minimum atomic E-state index is 0.129. The molecule has 0 N–H and O–H groups in total. The third kappa shape index (κ3) is 3.73. The second-order valence-corrected chi connectivity index (χ2v) is 8.23. The summed E-state index contributed by atoms with van der Waals surface area (Å²) in [6.45, 7) is 0.839. The van der Waals surface area contributed by atoms with Crippen molar-refractivity contribution < 1.29 is 9.47 Å². The molecule has 162 valence electrons. The smallest absolute Gasteiger partial charge is 0.224 e. The van der Waals surface area contributed by atoms with E-state index in [9.17, 15) is 0 Å². The lowest BCUT2D eigenvalue weighted by Crippen LogP contribution is -2.37. The monoisotopic (exact) mass is 445 g/mol. The van der Waals surface area contributed by atoms with E-state index in [1.165, 1.54) is 16.7 Å². The van der Waals surface area contributed by atoms with Crippen molar-refractivity contribution in [3.8, 4) is 11.5 Å². The highest BCUT2D eigenvalue weighted by atomic mass is 35.5. The van der Waals surface area contributed by atoms with E-state index in [4.69, 9.17) is 26.1 Å². The molecule has 0 bridgehead atoms. The van der Waals surface area contributed by atoms with Crippen molar-refractivity contribution in [3.05, 3.63) is 88.7 Å². The Morgan fingerprint density at radius 1 is 0.938 bits per heavy atom. The van der Waals surface area contributed by atoms with Crippen LogP contribution < -0.4 is 14.4 Å². The van der Waals surface area contributed by atoms with E-state index in [0.717, 1.165) is 36.1 Å². The molecule has 1 aliphatic rings. The summed E-state index contributed by atoms with van der Waals surface area (Å²) in [5.74, 6) is 2.08. The molecule has 0 saturated heterocycles. The second kappa shape index (κ2) is 8.67. The third-order valence-corrected chi connectivity index (χ3v) is 6.28. The first-order chi connectivity index (χ1) is 15.7. The lowest BCUT2D eigenvalue weighted by Gasteiger charge is -2.39. The van der Waals surface area contributed by atoms with Gasteiger partial charge in [0, 0.05) is 18.0 Å². The molecule has 0 spiro atoms. The minimum absolute atomic E-state index is 0.129. The molecule has 4 aromatic rings. The average Bonchev–Trinajstić information content (AvgIpc) is 2.83. The van der Waals surface area contributed by atoms with E-state index >= 15 is 0 Å². The van der Waals surface area contributed by atoms with Crippen LogP contribution in [-0.2, 0) is 12.8 Å². The lowest BCUT2D eigenvalue weighted by atomic mass is 9.88. The molecule has 0 aliphatic carbocycles. The fraction of sp³-hybridized carbons (Fsp3) is 0.231. The molecule has 1 unspecified atom stereocenters. The van der Waals surface area contributed by atoms with Gasteiger partial charge in [0.1, 0.15) is 5.82 Å². The highest BCUT2D eigenvalue weighted by Crippen LogP contribution is 2.41. The van der Waals surface area contributed by atoms with Crippen molar-refractivity contribution in [1.29, 1.82) is 0 Å². The molecule has 6 heteroatoms. The van der Waals surface area contributed by atoms with Gasteiger partial charge in [0.25, 0.3) is 0 Å². The van der Waals surface area contributed by atoms with Crippen LogP contribution >= 0.6 is 11.6 Å². The Morgan fingerprint density at radius 2 is 1.66 bits per heavy atom. The summed E-state index contributed by atoms with van der Waals surface area (Å²) in [6.07, 6.45) is 1.81. The van der Waals surface area contributed by atoms with Crippen molar-refractivity contribution in [2.75, 3.05) is 25.7 Å². The number of halogens is 1. The quantitative estimate of drug-likeness (QED) is 0.371. The van der Waals surface area contributed by atoms with Crippen molar-refractivity contribution in [2.45, 2.75) is 18.9 Å². The maximum Gasteiger partial charge on any atom is 0.224 e. The van der Waals surface area contributed by atoms with E-state index < -0.39 is 0 Å². The minimum Gasteiger partial charge on any atom is -0.493 e. The topological polar surface area (TPSA) is 47.5 Å². The molecule has 5 nitrogen and oxygen atoms in total. The van der Waals surface area contributed by atoms with E-state index in [1.54, 1.807) is 14.2 Å². The number of methoxy groups -OCH3 is 2. The summed E-state index contributed by atoms with van der Waals surface area (Å²) < 4.78 is 11.0. The highest BCUT2D eigenvalue weighted by molar-refractivity contribution is 6.28. The summed E-state index contributed by atoms with van der Waals surface area (Å²) in [7, 11) is 3.25. The van der Waals surface area contributed by atoms with Crippen LogP contribution in [0.2, 0.25) is 5.28 Å². The predicted octanol–water partition coefficient (Wildman–Crippen LogP) is 5.65. The summed E-state index contributed by atoms with van der Waals surface area (Å²) in [4.78, 5) is 11.5. The third-order valence-electron chi connectivity index (χ3n) is 6.11. The summed E-state index contributed by atoms with van der Waals surface area (Å²) in [5, 5.41) is 1.11. The van der Waals surface area contributed by atoms with E-state index in [-0.39, 0.29) is 11.3 Å². The first-order valence-electron chi connectivity index (χ1n) is 10.7. The van der Waals surface area contributed by atoms with Gasteiger partial charge in [0.05, 0.1) is 25.8 Å². The first kappa shape index (κ1) is 20.6.